The molecule has 0 bridgehead atoms. The molecule has 0 amide bonds. The molecule has 0 aromatic carbocycles. The first-order chi connectivity index (χ1) is 7.24. The van der Waals surface area contributed by atoms with Crippen LogP contribution in [0.15, 0.2) is 0 Å². The summed E-state index contributed by atoms with van der Waals surface area (Å²) in [7, 11) is 0.881. The zero-order valence-electron chi connectivity index (χ0n) is 9.07. The van der Waals surface area contributed by atoms with Crippen molar-refractivity contribution in [2.24, 2.45) is 0 Å². The van der Waals surface area contributed by atoms with E-state index in [4.69, 9.17) is 4.74 Å². The quantitative estimate of drug-likeness (QED) is 0.314. The average Bonchev–Trinajstić information content (AvgIpc) is 2.60. The zero-order valence-corrected chi connectivity index (χ0v) is 10.7. The van der Waals surface area contributed by atoms with E-state index in [1.165, 1.54) is 0 Å². The summed E-state index contributed by atoms with van der Waals surface area (Å²) in [5.41, 5.74) is 0. The first-order valence-corrected chi connectivity index (χ1v) is 8.15. The minimum atomic E-state index is -0.678. The SMILES string of the molecule is CCOC(=O)CCCCC1CCS[S+]1[O-]. The molecule has 0 spiro atoms. The van der Waals surface area contributed by atoms with Gasteiger partial charge in [0.25, 0.3) is 0 Å². The molecule has 1 rings (SSSR count). The van der Waals surface area contributed by atoms with Crippen molar-refractivity contribution in [3.63, 3.8) is 0 Å². The summed E-state index contributed by atoms with van der Waals surface area (Å²) in [6, 6.07) is 0. The standard InChI is InChI=1S/C10H18O3S2/c1-2-13-10(11)6-4-3-5-9-7-8-14-15(9)12/h9H,2-8H2,1H3. The second-order valence-corrected chi connectivity index (χ2v) is 7.07. The van der Waals surface area contributed by atoms with Crippen molar-refractivity contribution in [3.8, 4) is 0 Å². The van der Waals surface area contributed by atoms with E-state index in [2.05, 4.69) is 0 Å². The molecule has 5 heteroatoms. The van der Waals surface area contributed by atoms with Crippen LogP contribution < -0.4 is 0 Å². The fourth-order valence-corrected chi connectivity index (χ4v) is 5.06. The molecular formula is C10H18O3S2. The minimum absolute atomic E-state index is 0.112. The molecule has 0 aliphatic carbocycles. The maximum atomic E-state index is 11.4. The van der Waals surface area contributed by atoms with E-state index >= 15 is 0 Å². The van der Waals surface area contributed by atoms with Gasteiger partial charge < -0.3 is 9.29 Å². The highest BCUT2D eigenvalue weighted by Gasteiger charge is 2.30. The summed E-state index contributed by atoms with van der Waals surface area (Å²) < 4.78 is 16.2. The van der Waals surface area contributed by atoms with Crippen molar-refractivity contribution in [2.75, 3.05) is 12.4 Å². The number of carbonyl (C=O) groups is 1. The molecule has 0 aromatic heterocycles. The molecule has 3 nitrogen and oxygen atoms in total. The van der Waals surface area contributed by atoms with Crippen LogP contribution in [0.3, 0.4) is 0 Å². The molecule has 1 fully saturated rings. The van der Waals surface area contributed by atoms with Gasteiger partial charge in [0.2, 0.25) is 0 Å². The number of unbranched alkanes of at least 4 members (excludes halogenated alkanes) is 1. The molecule has 1 aliphatic rings. The minimum Gasteiger partial charge on any atom is -0.605 e. The lowest BCUT2D eigenvalue weighted by atomic mass is 10.1. The van der Waals surface area contributed by atoms with Crippen molar-refractivity contribution in [1.82, 2.24) is 0 Å². The second kappa shape index (κ2) is 7.41. The normalized spacial score (nSPS) is 25.5. The van der Waals surface area contributed by atoms with Crippen molar-refractivity contribution in [3.05, 3.63) is 0 Å². The Labute approximate surface area is 97.9 Å². The van der Waals surface area contributed by atoms with Gasteiger partial charge in [0.15, 0.2) is 0 Å². The van der Waals surface area contributed by atoms with Gasteiger partial charge in [-0.2, -0.15) is 0 Å². The summed E-state index contributed by atoms with van der Waals surface area (Å²) in [5.74, 6) is 0.911. The van der Waals surface area contributed by atoms with Crippen LogP contribution in [0, 0.1) is 0 Å². The summed E-state index contributed by atoms with van der Waals surface area (Å²) in [6.45, 7) is 2.28. The van der Waals surface area contributed by atoms with E-state index < -0.39 is 10.2 Å². The van der Waals surface area contributed by atoms with Crippen LogP contribution in [-0.4, -0.2) is 28.1 Å². The van der Waals surface area contributed by atoms with Crippen LogP contribution in [0.2, 0.25) is 0 Å². The van der Waals surface area contributed by atoms with E-state index in [1.807, 2.05) is 6.92 Å². The molecule has 1 aliphatic heterocycles. The van der Waals surface area contributed by atoms with E-state index in [0.717, 1.165) is 31.4 Å². The van der Waals surface area contributed by atoms with Gasteiger partial charge in [0, 0.05) is 28.8 Å². The second-order valence-electron chi connectivity index (χ2n) is 3.54. The maximum Gasteiger partial charge on any atom is 0.305 e. The topological polar surface area (TPSA) is 49.4 Å². The summed E-state index contributed by atoms with van der Waals surface area (Å²) >= 11 is 0. The lowest BCUT2D eigenvalue weighted by molar-refractivity contribution is -0.143. The van der Waals surface area contributed by atoms with Crippen molar-refractivity contribution < 1.29 is 14.1 Å². The lowest BCUT2D eigenvalue weighted by Gasteiger charge is -2.10. The van der Waals surface area contributed by atoms with Gasteiger partial charge >= 0.3 is 5.97 Å². The maximum absolute atomic E-state index is 11.4. The van der Waals surface area contributed by atoms with Gasteiger partial charge in [-0.15, -0.1) is 0 Å². The fourth-order valence-electron chi connectivity index (χ4n) is 1.57. The number of hydrogen-bond acceptors (Lipinski definition) is 4. The Morgan fingerprint density at radius 1 is 1.60 bits per heavy atom. The van der Waals surface area contributed by atoms with Crippen LogP contribution in [-0.2, 0) is 19.7 Å². The van der Waals surface area contributed by atoms with E-state index in [-0.39, 0.29) is 5.97 Å². The Morgan fingerprint density at radius 3 is 3.00 bits per heavy atom. The summed E-state index contributed by atoms with van der Waals surface area (Å²) in [4.78, 5) is 11.0. The number of carbonyl (C=O) groups excluding carboxylic acids is 1. The molecule has 88 valence electrons. The molecule has 0 saturated carbocycles. The molecule has 2 unspecified atom stereocenters. The summed E-state index contributed by atoms with van der Waals surface area (Å²) in [6.07, 6.45) is 4.39. The van der Waals surface area contributed by atoms with Gasteiger partial charge in [-0.25, -0.2) is 0 Å². The molecule has 0 radical (unpaired) electrons. The lowest BCUT2D eigenvalue weighted by Crippen LogP contribution is -2.12. The smallest absolute Gasteiger partial charge is 0.305 e. The van der Waals surface area contributed by atoms with Crippen molar-refractivity contribution >= 4 is 27.0 Å². The molecule has 15 heavy (non-hydrogen) atoms. The Bertz CT molecular complexity index is 199. The predicted octanol–water partition coefficient (Wildman–Crippen LogP) is 2.28. The zero-order chi connectivity index (χ0) is 11.1. The fraction of sp³-hybridized carbons (Fsp3) is 0.900. The van der Waals surface area contributed by atoms with Crippen LogP contribution in [0.4, 0.5) is 0 Å². The average molecular weight is 250 g/mol. The highest BCUT2D eigenvalue weighted by Crippen LogP contribution is 2.33. The van der Waals surface area contributed by atoms with Gasteiger partial charge in [-0.05, 0) is 26.2 Å². The largest absolute Gasteiger partial charge is 0.605 e. The molecule has 2 atom stereocenters. The number of ether oxygens (including phenoxy) is 1. The predicted molar refractivity (Wildman–Crippen MR) is 64.1 cm³/mol. The van der Waals surface area contributed by atoms with Crippen molar-refractivity contribution in [2.45, 2.75) is 44.3 Å². The summed E-state index contributed by atoms with van der Waals surface area (Å²) in [5, 5.41) is 0.359. The third kappa shape index (κ3) is 5.13. The Balaban J connectivity index is 1.99. The van der Waals surface area contributed by atoms with Crippen molar-refractivity contribution in [1.29, 1.82) is 0 Å². The number of esters is 1. The Kier molecular flexibility index (Phi) is 6.52. The third-order valence-corrected chi connectivity index (χ3v) is 6.04. The first kappa shape index (κ1) is 13.2. The van der Waals surface area contributed by atoms with E-state index in [1.54, 1.807) is 10.8 Å². The van der Waals surface area contributed by atoms with E-state index in [0.29, 0.717) is 18.3 Å². The van der Waals surface area contributed by atoms with Crippen LogP contribution >= 0.6 is 10.8 Å². The van der Waals surface area contributed by atoms with Crippen LogP contribution in [0.5, 0.6) is 0 Å². The highest BCUT2D eigenvalue weighted by atomic mass is 33.1. The van der Waals surface area contributed by atoms with E-state index in [9.17, 15) is 9.35 Å². The van der Waals surface area contributed by atoms with Gasteiger partial charge in [-0.3, -0.25) is 4.79 Å². The molecular weight excluding hydrogens is 232 g/mol. The molecule has 1 saturated heterocycles. The first-order valence-electron chi connectivity index (χ1n) is 5.43. The number of rotatable bonds is 6. The Hall–Kier alpha value is 0.130. The molecule has 0 aromatic rings. The molecule has 1 heterocycles. The monoisotopic (exact) mass is 250 g/mol. The van der Waals surface area contributed by atoms with Gasteiger partial charge in [0.05, 0.1) is 17.4 Å². The van der Waals surface area contributed by atoms with Gasteiger partial charge in [0.1, 0.15) is 5.25 Å². The van der Waals surface area contributed by atoms with Crippen LogP contribution in [0.25, 0.3) is 0 Å². The third-order valence-electron chi connectivity index (χ3n) is 2.37. The highest BCUT2D eigenvalue weighted by molar-refractivity contribution is 8.72. The number of hydrogen-bond donors (Lipinski definition) is 0. The molecule has 0 N–H and O–H groups in total. The Morgan fingerprint density at radius 2 is 2.40 bits per heavy atom. The van der Waals surface area contributed by atoms with Crippen LogP contribution in [0.1, 0.15) is 39.0 Å². The van der Waals surface area contributed by atoms with Gasteiger partial charge in [-0.1, -0.05) is 0 Å².